The molecule has 2 amide bonds. The number of hydrogen-bond donors (Lipinski definition) is 3. The largest absolute Gasteiger partial charge is 0.351 e. The first-order valence-corrected chi connectivity index (χ1v) is 8.51. The Bertz CT molecular complexity index is 777. The standard InChI is InChI=1S/C18H23N5O3/c1-3-23(4-2)12-11-19-17(25)13-5-7-14(8-6-13)20-18(26)15-9-10-16(24)22-21-15/h5-10H,3-4,11-12H2,1-2H3,(H,19,25)(H,20,26)(H,22,24). The Balaban J connectivity index is 1.89. The number of likely N-dealkylation sites (N-methyl/N-ethyl adjacent to an activating group) is 1. The van der Waals surface area contributed by atoms with Crippen LogP contribution in [0.1, 0.15) is 34.7 Å². The topological polar surface area (TPSA) is 107 Å². The Labute approximate surface area is 151 Å². The van der Waals surface area contributed by atoms with E-state index in [0.29, 0.717) is 17.8 Å². The predicted molar refractivity (Wildman–Crippen MR) is 99.4 cm³/mol. The van der Waals surface area contributed by atoms with Gasteiger partial charge in [-0.05, 0) is 43.4 Å². The van der Waals surface area contributed by atoms with Crippen molar-refractivity contribution in [3.63, 3.8) is 0 Å². The molecule has 26 heavy (non-hydrogen) atoms. The molecule has 1 heterocycles. The summed E-state index contributed by atoms with van der Waals surface area (Å²) in [4.78, 5) is 37.3. The second-order valence-corrected chi connectivity index (χ2v) is 5.62. The van der Waals surface area contributed by atoms with Crippen molar-refractivity contribution in [1.82, 2.24) is 20.4 Å². The van der Waals surface area contributed by atoms with Gasteiger partial charge in [0.1, 0.15) is 5.69 Å². The summed E-state index contributed by atoms with van der Waals surface area (Å²) in [7, 11) is 0. The fourth-order valence-corrected chi connectivity index (χ4v) is 2.34. The molecule has 0 unspecified atom stereocenters. The van der Waals surface area contributed by atoms with E-state index in [-0.39, 0.29) is 17.2 Å². The Morgan fingerprint density at radius 2 is 1.73 bits per heavy atom. The Morgan fingerprint density at radius 1 is 1.04 bits per heavy atom. The van der Waals surface area contributed by atoms with Gasteiger partial charge in [-0.2, -0.15) is 5.10 Å². The molecule has 0 saturated carbocycles. The number of amides is 2. The Kier molecular flexibility index (Phi) is 7.04. The molecule has 1 aromatic carbocycles. The molecule has 3 N–H and O–H groups in total. The lowest BCUT2D eigenvalue weighted by atomic mass is 10.2. The molecule has 8 heteroatoms. The van der Waals surface area contributed by atoms with Crippen molar-refractivity contribution in [3.05, 3.63) is 58.0 Å². The zero-order valence-electron chi connectivity index (χ0n) is 14.9. The molecule has 0 aliphatic carbocycles. The molecule has 8 nitrogen and oxygen atoms in total. The van der Waals surface area contributed by atoms with E-state index in [1.54, 1.807) is 24.3 Å². The Hall–Kier alpha value is -3.00. The number of nitrogens with one attached hydrogen (secondary N) is 3. The fraction of sp³-hybridized carbons (Fsp3) is 0.333. The fourth-order valence-electron chi connectivity index (χ4n) is 2.34. The van der Waals surface area contributed by atoms with E-state index in [2.05, 4.69) is 39.6 Å². The minimum Gasteiger partial charge on any atom is -0.351 e. The molecule has 2 rings (SSSR count). The summed E-state index contributed by atoms with van der Waals surface area (Å²) in [6, 6.07) is 9.14. The van der Waals surface area contributed by atoms with Crippen LogP contribution in [0.15, 0.2) is 41.2 Å². The lowest BCUT2D eigenvalue weighted by Gasteiger charge is -2.17. The number of anilines is 1. The minimum atomic E-state index is -0.447. The molecule has 0 aliphatic rings. The van der Waals surface area contributed by atoms with Crippen molar-refractivity contribution in [1.29, 1.82) is 0 Å². The number of nitrogens with zero attached hydrogens (tertiary/aromatic N) is 2. The highest BCUT2D eigenvalue weighted by molar-refractivity contribution is 6.03. The van der Waals surface area contributed by atoms with Crippen LogP contribution in [-0.4, -0.2) is 53.1 Å². The summed E-state index contributed by atoms with van der Waals surface area (Å²) in [5.41, 5.74) is 0.771. The third-order valence-electron chi connectivity index (χ3n) is 3.92. The summed E-state index contributed by atoms with van der Waals surface area (Å²) in [6.07, 6.45) is 0. The van der Waals surface area contributed by atoms with Crippen molar-refractivity contribution in [2.24, 2.45) is 0 Å². The maximum Gasteiger partial charge on any atom is 0.276 e. The normalized spacial score (nSPS) is 10.6. The third kappa shape index (κ3) is 5.52. The van der Waals surface area contributed by atoms with Gasteiger partial charge in [-0.3, -0.25) is 14.4 Å². The molecule has 0 fully saturated rings. The van der Waals surface area contributed by atoms with E-state index >= 15 is 0 Å². The highest BCUT2D eigenvalue weighted by Crippen LogP contribution is 2.10. The molecule has 0 saturated heterocycles. The number of H-pyrrole nitrogens is 1. The van der Waals surface area contributed by atoms with E-state index in [1.165, 1.54) is 12.1 Å². The summed E-state index contributed by atoms with van der Waals surface area (Å²) in [5.74, 6) is -0.602. The van der Waals surface area contributed by atoms with Gasteiger partial charge in [-0.1, -0.05) is 13.8 Å². The van der Waals surface area contributed by atoms with Crippen LogP contribution in [0.4, 0.5) is 5.69 Å². The highest BCUT2D eigenvalue weighted by atomic mass is 16.2. The van der Waals surface area contributed by atoms with Gasteiger partial charge in [0.2, 0.25) is 0 Å². The van der Waals surface area contributed by atoms with Gasteiger partial charge in [-0.25, -0.2) is 5.10 Å². The molecule has 0 bridgehead atoms. The third-order valence-corrected chi connectivity index (χ3v) is 3.92. The van der Waals surface area contributed by atoms with Crippen molar-refractivity contribution in [2.45, 2.75) is 13.8 Å². The molecule has 0 aliphatic heterocycles. The van der Waals surface area contributed by atoms with E-state index in [1.807, 2.05) is 0 Å². The summed E-state index contributed by atoms with van der Waals surface area (Å²) >= 11 is 0. The average Bonchev–Trinajstić information content (AvgIpc) is 2.66. The van der Waals surface area contributed by atoms with Gasteiger partial charge in [0.15, 0.2) is 0 Å². The molecular weight excluding hydrogens is 334 g/mol. The van der Waals surface area contributed by atoms with Crippen LogP contribution in [0.25, 0.3) is 0 Å². The van der Waals surface area contributed by atoms with Crippen molar-refractivity contribution in [2.75, 3.05) is 31.5 Å². The minimum absolute atomic E-state index is 0.0998. The molecule has 0 atom stereocenters. The number of hydrogen-bond acceptors (Lipinski definition) is 5. The monoisotopic (exact) mass is 357 g/mol. The zero-order chi connectivity index (χ0) is 18.9. The SMILES string of the molecule is CCN(CC)CCNC(=O)c1ccc(NC(=O)c2ccc(=O)[nH]n2)cc1. The van der Waals surface area contributed by atoms with Gasteiger partial charge < -0.3 is 15.5 Å². The lowest BCUT2D eigenvalue weighted by Crippen LogP contribution is -2.34. The molecule has 0 radical (unpaired) electrons. The molecule has 1 aromatic heterocycles. The predicted octanol–water partition coefficient (Wildman–Crippen LogP) is 1.09. The molecule has 0 spiro atoms. The number of carbonyl (C=O) groups is 2. The number of benzene rings is 1. The number of rotatable bonds is 8. The van der Waals surface area contributed by atoms with E-state index in [4.69, 9.17) is 0 Å². The second-order valence-electron chi connectivity index (χ2n) is 5.62. The van der Waals surface area contributed by atoms with Crippen LogP contribution in [0.3, 0.4) is 0 Å². The number of carbonyl (C=O) groups excluding carboxylic acids is 2. The first kappa shape index (κ1) is 19.3. The van der Waals surface area contributed by atoms with Crippen LogP contribution in [0, 0.1) is 0 Å². The van der Waals surface area contributed by atoms with Crippen molar-refractivity contribution in [3.8, 4) is 0 Å². The van der Waals surface area contributed by atoms with Crippen LogP contribution < -0.4 is 16.2 Å². The molecule has 138 valence electrons. The van der Waals surface area contributed by atoms with E-state index in [9.17, 15) is 14.4 Å². The van der Waals surface area contributed by atoms with Gasteiger partial charge in [0, 0.05) is 30.4 Å². The second kappa shape index (κ2) is 9.47. The van der Waals surface area contributed by atoms with Gasteiger partial charge in [-0.15, -0.1) is 0 Å². The smallest absolute Gasteiger partial charge is 0.276 e. The molecular formula is C18H23N5O3. The first-order valence-electron chi connectivity index (χ1n) is 8.51. The summed E-state index contributed by atoms with van der Waals surface area (Å²) in [6.45, 7) is 7.45. The number of aromatic amines is 1. The van der Waals surface area contributed by atoms with Crippen LogP contribution >= 0.6 is 0 Å². The van der Waals surface area contributed by atoms with Crippen molar-refractivity contribution < 1.29 is 9.59 Å². The van der Waals surface area contributed by atoms with E-state index in [0.717, 1.165) is 19.6 Å². The quantitative estimate of drug-likeness (QED) is 0.656. The maximum absolute atomic E-state index is 12.1. The van der Waals surface area contributed by atoms with Gasteiger partial charge in [0.05, 0.1) is 0 Å². The lowest BCUT2D eigenvalue weighted by molar-refractivity contribution is 0.0948. The number of aromatic nitrogens is 2. The van der Waals surface area contributed by atoms with E-state index < -0.39 is 5.91 Å². The van der Waals surface area contributed by atoms with Crippen molar-refractivity contribution >= 4 is 17.5 Å². The zero-order valence-corrected chi connectivity index (χ0v) is 14.9. The van der Waals surface area contributed by atoms with Crippen LogP contribution in [-0.2, 0) is 0 Å². The summed E-state index contributed by atoms with van der Waals surface area (Å²) < 4.78 is 0. The first-order chi connectivity index (χ1) is 12.5. The summed E-state index contributed by atoms with van der Waals surface area (Å²) in [5, 5.41) is 11.4. The van der Waals surface area contributed by atoms with Crippen LogP contribution in [0.2, 0.25) is 0 Å². The Morgan fingerprint density at radius 3 is 2.31 bits per heavy atom. The van der Waals surface area contributed by atoms with Crippen LogP contribution in [0.5, 0.6) is 0 Å². The van der Waals surface area contributed by atoms with Gasteiger partial charge >= 0.3 is 0 Å². The maximum atomic E-state index is 12.1. The average molecular weight is 357 g/mol. The highest BCUT2D eigenvalue weighted by Gasteiger charge is 2.09. The van der Waals surface area contributed by atoms with Gasteiger partial charge in [0.25, 0.3) is 17.4 Å². The molecule has 2 aromatic rings.